The SMILES string of the molecule is NC1C(O)OC(COC(=O)CC(=O)OCC2OC(O)C(N)C(O)C2O)C(O)C1O. The van der Waals surface area contributed by atoms with E-state index in [1.165, 1.54) is 0 Å². The largest absolute Gasteiger partial charge is 0.462 e. The number of esters is 2. The van der Waals surface area contributed by atoms with Crippen LogP contribution in [0.4, 0.5) is 0 Å². The maximum absolute atomic E-state index is 11.7. The topological polar surface area (TPSA) is 244 Å². The number of aliphatic hydroxyl groups excluding tert-OH is 6. The predicted octanol–water partition coefficient (Wildman–Crippen LogP) is -6.00. The summed E-state index contributed by atoms with van der Waals surface area (Å²) in [5.74, 6) is -2.12. The van der Waals surface area contributed by atoms with Gasteiger partial charge < -0.3 is 61.1 Å². The third-order valence-corrected chi connectivity index (χ3v) is 4.64. The van der Waals surface area contributed by atoms with Gasteiger partial charge in [0.2, 0.25) is 0 Å². The minimum atomic E-state index is -1.58. The summed E-state index contributed by atoms with van der Waals surface area (Å²) < 4.78 is 19.4. The maximum atomic E-state index is 11.7. The van der Waals surface area contributed by atoms with Crippen molar-refractivity contribution < 1.29 is 59.2 Å². The monoisotopic (exact) mass is 426 g/mol. The zero-order chi connectivity index (χ0) is 21.9. The van der Waals surface area contributed by atoms with Crippen molar-refractivity contribution in [1.29, 1.82) is 0 Å². The van der Waals surface area contributed by atoms with E-state index in [2.05, 4.69) is 0 Å². The molecule has 0 aromatic heterocycles. The Morgan fingerprint density at radius 3 is 1.38 bits per heavy atom. The summed E-state index contributed by atoms with van der Waals surface area (Å²) in [4.78, 5) is 23.4. The van der Waals surface area contributed by atoms with Gasteiger partial charge in [-0.05, 0) is 0 Å². The van der Waals surface area contributed by atoms with Crippen LogP contribution in [0.5, 0.6) is 0 Å². The molecule has 14 heteroatoms. The third kappa shape index (κ3) is 5.79. The molecule has 10 atom stereocenters. The quantitative estimate of drug-likeness (QED) is 0.146. The molecular weight excluding hydrogens is 400 g/mol. The molecule has 2 aliphatic heterocycles. The Balaban J connectivity index is 1.73. The average Bonchev–Trinajstić information content (AvgIpc) is 2.68. The van der Waals surface area contributed by atoms with Crippen LogP contribution in [0.25, 0.3) is 0 Å². The predicted molar refractivity (Wildman–Crippen MR) is 88.3 cm³/mol. The Kier molecular flexibility index (Phi) is 8.24. The van der Waals surface area contributed by atoms with Crippen LogP contribution in [0.2, 0.25) is 0 Å². The molecule has 0 aromatic carbocycles. The van der Waals surface area contributed by atoms with Crippen LogP contribution in [0.1, 0.15) is 6.42 Å². The molecule has 2 saturated heterocycles. The molecule has 0 aliphatic carbocycles. The van der Waals surface area contributed by atoms with Gasteiger partial charge in [0.1, 0.15) is 56.3 Å². The van der Waals surface area contributed by atoms with E-state index in [4.69, 9.17) is 30.4 Å². The maximum Gasteiger partial charge on any atom is 0.317 e. The molecule has 10 unspecified atom stereocenters. The normalized spacial score (nSPS) is 42.9. The number of carbonyl (C=O) groups excluding carboxylic acids is 2. The Morgan fingerprint density at radius 1 is 0.690 bits per heavy atom. The van der Waals surface area contributed by atoms with Gasteiger partial charge in [-0.15, -0.1) is 0 Å². The lowest BCUT2D eigenvalue weighted by Gasteiger charge is -2.38. The minimum Gasteiger partial charge on any atom is -0.462 e. The number of hydrogen-bond acceptors (Lipinski definition) is 14. The van der Waals surface area contributed by atoms with Crippen LogP contribution in [0.15, 0.2) is 0 Å². The highest BCUT2D eigenvalue weighted by atomic mass is 16.6. The summed E-state index contributed by atoms with van der Waals surface area (Å²) in [5.41, 5.74) is 10.8. The zero-order valence-electron chi connectivity index (χ0n) is 15.2. The molecule has 0 aromatic rings. The van der Waals surface area contributed by atoms with Crippen LogP contribution in [-0.4, -0.2) is 117 Å². The van der Waals surface area contributed by atoms with E-state index in [1.807, 2.05) is 0 Å². The van der Waals surface area contributed by atoms with Crippen molar-refractivity contribution in [2.45, 2.75) is 67.7 Å². The molecule has 0 saturated carbocycles. The van der Waals surface area contributed by atoms with Crippen molar-refractivity contribution in [2.24, 2.45) is 11.5 Å². The second-order valence-corrected chi connectivity index (χ2v) is 6.79. The highest BCUT2D eigenvalue weighted by Crippen LogP contribution is 2.20. The molecule has 168 valence electrons. The van der Waals surface area contributed by atoms with Gasteiger partial charge in [0.05, 0.1) is 12.1 Å². The van der Waals surface area contributed by atoms with Crippen molar-refractivity contribution in [3.8, 4) is 0 Å². The van der Waals surface area contributed by atoms with Crippen molar-refractivity contribution in [3.05, 3.63) is 0 Å². The number of rotatable bonds is 6. The summed E-state index contributed by atoms with van der Waals surface area (Å²) in [6, 6.07) is -2.48. The number of nitrogens with two attached hydrogens (primary N) is 2. The van der Waals surface area contributed by atoms with Gasteiger partial charge in [-0.1, -0.05) is 0 Å². The number of carbonyl (C=O) groups is 2. The number of aliphatic hydroxyl groups is 6. The summed E-state index contributed by atoms with van der Waals surface area (Å²) in [6.45, 7) is -1.15. The summed E-state index contributed by atoms with van der Waals surface area (Å²) in [6.07, 6.45) is -12.6. The number of hydrogen-bond donors (Lipinski definition) is 8. The smallest absolute Gasteiger partial charge is 0.317 e. The fraction of sp³-hybridized carbons (Fsp3) is 0.867. The number of ether oxygens (including phenoxy) is 4. The van der Waals surface area contributed by atoms with Gasteiger partial charge in [-0.3, -0.25) is 9.59 Å². The average molecular weight is 426 g/mol. The van der Waals surface area contributed by atoms with Crippen molar-refractivity contribution in [2.75, 3.05) is 13.2 Å². The van der Waals surface area contributed by atoms with Gasteiger partial charge in [0.15, 0.2) is 12.6 Å². The van der Waals surface area contributed by atoms with Crippen LogP contribution < -0.4 is 11.5 Å². The summed E-state index contributed by atoms with van der Waals surface area (Å²) in [7, 11) is 0. The first-order valence-corrected chi connectivity index (χ1v) is 8.74. The highest BCUT2D eigenvalue weighted by Gasteiger charge is 2.43. The van der Waals surface area contributed by atoms with Crippen LogP contribution in [-0.2, 0) is 28.5 Å². The van der Waals surface area contributed by atoms with Crippen molar-refractivity contribution in [3.63, 3.8) is 0 Å². The van der Waals surface area contributed by atoms with Gasteiger partial charge in [0, 0.05) is 0 Å². The van der Waals surface area contributed by atoms with E-state index in [0.29, 0.717) is 0 Å². The van der Waals surface area contributed by atoms with Gasteiger partial charge in [-0.2, -0.15) is 0 Å². The highest BCUT2D eigenvalue weighted by molar-refractivity contribution is 5.91. The fourth-order valence-corrected chi connectivity index (χ4v) is 2.78. The fourth-order valence-electron chi connectivity index (χ4n) is 2.78. The lowest BCUT2D eigenvalue weighted by Crippen LogP contribution is -2.62. The first-order valence-electron chi connectivity index (χ1n) is 8.74. The first kappa shape index (κ1) is 23.8. The second kappa shape index (κ2) is 10.0. The van der Waals surface area contributed by atoms with E-state index in [0.717, 1.165) is 0 Å². The second-order valence-electron chi connectivity index (χ2n) is 6.79. The molecule has 2 fully saturated rings. The molecule has 29 heavy (non-hydrogen) atoms. The molecule has 10 N–H and O–H groups in total. The van der Waals surface area contributed by atoms with Gasteiger partial charge >= 0.3 is 11.9 Å². The van der Waals surface area contributed by atoms with Crippen LogP contribution >= 0.6 is 0 Å². The molecule has 0 radical (unpaired) electrons. The Hall–Kier alpha value is -1.46. The molecular formula is C15H26N2O12. The zero-order valence-corrected chi connectivity index (χ0v) is 15.2. The Bertz CT molecular complexity index is 532. The lowest BCUT2D eigenvalue weighted by atomic mass is 9.98. The molecule has 0 bridgehead atoms. The third-order valence-electron chi connectivity index (χ3n) is 4.64. The minimum absolute atomic E-state index is 0.575. The van der Waals surface area contributed by atoms with Crippen LogP contribution in [0.3, 0.4) is 0 Å². The van der Waals surface area contributed by atoms with E-state index in [9.17, 15) is 40.2 Å². The Labute approximate surface area is 164 Å². The van der Waals surface area contributed by atoms with E-state index in [-0.39, 0.29) is 0 Å². The molecule has 2 aliphatic rings. The van der Waals surface area contributed by atoms with Crippen LogP contribution in [0, 0.1) is 0 Å². The van der Waals surface area contributed by atoms with Gasteiger partial charge in [0.25, 0.3) is 0 Å². The summed E-state index contributed by atoms with van der Waals surface area (Å²) >= 11 is 0. The molecule has 0 spiro atoms. The van der Waals surface area contributed by atoms with Crippen molar-refractivity contribution in [1.82, 2.24) is 0 Å². The van der Waals surface area contributed by atoms with E-state index in [1.54, 1.807) is 0 Å². The lowest BCUT2D eigenvalue weighted by molar-refractivity contribution is -0.252. The summed E-state index contributed by atoms with van der Waals surface area (Å²) in [5, 5.41) is 57.9. The molecule has 2 heterocycles. The molecule has 14 nitrogen and oxygen atoms in total. The van der Waals surface area contributed by atoms with E-state index < -0.39 is 92.9 Å². The van der Waals surface area contributed by atoms with Gasteiger partial charge in [-0.25, -0.2) is 0 Å². The first-order chi connectivity index (χ1) is 13.5. The van der Waals surface area contributed by atoms with E-state index >= 15 is 0 Å². The van der Waals surface area contributed by atoms with Crippen molar-refractivity contribution >= 4 is 11.9 Å². The molecule has 0 amide bonds. The molecule has 2 rings (SSSR count). The standard InChI is InChI=1S/C15H26N2O12/c16-8-12(22)10(20)4(28-14(8)24)2-26-6(18)1-7(19)27-3-5-11(21)13(23)9(17)15(25)29-5/h4-5,8-15,20-25H,1-3,16-17H2. The Morgan fingerprint density at radius 2 is 1.03 bits per heavy atom.